The van der Waals surface area contributed by atoms with E-state index >= 15 is 0 Å². The average molecular weight is 867 g/mol. The molecule has 4 saturated carbocycles. The summed E-state index contributed by atoms with van der Waals surface area (Å²) >= 11 is 5.49. The predicted octanol–water partition coefficient (Wildman–Crippen LogP) is 8.60. The molecule has 6 aromatic rings. The molecule has 15 heteroatoms. The summed E-state index contributed by atoms with van der Waals surface area (Å²) in [5.41, 5.74) is 6.50. The maximum Gasteiger partial charge on any atom is 0.252 e. The van der Waals surface area contributed by atoms with E-state index in [1.54, 1.807) is 25.4 Å². The minimum Gasteiger partial charge on any atom is -0.383 e. The van der Waals surface area contributed by atoms with Gasteiger partial charge in [-0.1, -0.05) is 11.6 Å². The van der Waals surface area contributed by atoms with Crippen LogP contribution in [0.2, 0.25) is 5.15 Å². The topological polar surface area (TPSA) is 151 Å². The summed E-state index contributed by atoms with van der Waals surface area (Å²) in [6.07, 6.45) is 9.28. The summed E-state index contributed by atoms with van der Waals surface area (Å²) in [5.74, 6) is 3.70. The number of aromatic nitrogens is 6. The number of hydrogen-bond acceptors (Lipinski definition) is 10. The Morgan fingerprint density at radius 2 is 1.21 bits per heavy atom. The van der Waals surface area contributed by atoms with Crippen molar-refractivity contribution in [3.8, 4) is 0 Å². The number of hydrogen-bond donors (Lipinski definition) is 3. The lowest BCUT2D eigenvalue weighted by Gasteiger charge is -2.30. The second-order valence-corrected chi connectivity index (χ2v) is 17.8. The molecule has 4 fully saturated rings. The first-order valence-electron chi connectivity index (χ1n) is 21.4. The van der Waals surface area contributed by atoms with Crippen LogP contribution in [0.3, 0.4) is 0 Å². The normalized spacial score (nSPS) is 21.7. The van der Waals surface area contributed by atoms with Crippen LogP contribution in [0.15, 0.2) is 97.3 Å². The Morgan fingerprint density at radius 1 is 0.667 bits per heavy atom. The van der Waals surface area contributed by atoms with Crippen LogP contribution in [0.25, 0.3) is 0 Å². The Bertz CT molecular complexity index is 2710. The summed E-state index contributed by atoms with van der Waals surface area (Å²) in [7, 11) is 0. The van der Waals surface area contributed by atoms with Crippen molar-refractivity contribution >= 4 is 40.6 Å². The van der Waals surface area contributed by atoms with E-state index in [9.17, 15) is 18.4 Å². The highest BCUT2D eigenvalue weighted by Gasteiger charge is 2.52. The van der Waals surface area contributed by atoms with Crippen LogP contribution in [0.1, 0.15) is 106 Å². The smallest absolute Gasteiger partial charge is 0.252 e. The minimum atomic E-state index is -0.432. The van der Waals surface area contributed by atoms with Crippen LogP contribution < -0.4 is 20.9 Å². The molecule has 0 bridgehead atoms. The molecule has 6 aliphatic rings. The van der Waals surface area contributed by atoms with E-state index in [-0.39, 0.29) is 29.0 Å². The highest BCUT2D eigenvalue weighted by molar-refractivity contribution is 6.29. The number of amides is 2. The minimum absolute atomic E-state index is 0.172. The largest absolute Gasteiger partial charge is 0.383 e. The molecule has 0 spiro atoms. The van der Waals surface area contributed by atoms with Crippen molar-refractivity contribution in [3.63, 3.8) is 0 Å². The second kappa shape index (κ2) is 16.1. The zero-order chi connectivity index (χ0) is 43.5. The summed E-state index contributed by atoms with van der Waals surface area (Å²) in [6, 6.07) is 23.1. The quantitative estimate of drug-likeness (QED) is 0.133. The van der Waals surface area contributed by atoms with Crippen LogP contribution in [-0.2, 0) is 11.1 Å². The third-order valence-corrected chi connectivity index (χ3v) is 13.0. The highest BCUT2D eigenvalue weighted by atomic mass is 35.5. The summed E-state index contributed by atoms with van der Waals surface area (Å²) in [4.78, 5) is 53.9. The van der Waals surface area contributed by atoms with Gasteiger partial charge in [0, 0.05) is 48.4 Å². The van der Waals surface area contributed by atoms with E-state index < -0.39 is 5.54 Å². The van der Waals surface area contributed by atoms with Gasteiger partial charge in [0.05, 0.1) is 45.2 Å². The van der Waals surface area contributed by atoms with Gasteiger partial charge in [0.25, 0.3) is 11.8 Å². The van der Waals surface area contributed by atoms with Gasteiger partial charge in [-0.2, -0.15) is 0 Å². The molecule has 0 radical (unpaired) electrons. The van der Waals surface area contributed by atoms with Crippen molar-refractivity contribution in [1.29, 1.82) is 0 Å². The SMILES string of the molecule is Cc1nccc(Cl)n1.Cc1nccc(N2CC3CC3c3nc(C4(NC(=O)c5ccc(F)cc5)CC4)ccc32)n1.O=C(NC1(c2ccc3c(n2)C2CC2CN3)CC1)c1ccc(F)cc1. The van der Waals surface area contributed by atoms with Crippen molar-refractivity contribution in [2.45, 2.75) is 75.3 Å². The number of anilines is 3. The standard InChI is InChI=1S/C24H22FN5O.C19H18FN3O.C5H5ClN2/c1-14-26-11-8-21(27-14)30-13-16-12-18(16)22-19(30)6-7-20(28-22)24(9-10-24)29-23(31)15-2-4-17(25)5-3-15;20-13-3-1-11(2-4-13)18(24)23-19(7-8-19)16-6-5-15-17(22-16)14-9-12(14)10-21-15;1-4-7-3-2-5(6)8-4/h2-8,11,16,18H,9-10,12-13H2,1H3,(H,29,31);1-6,12,14,21H,7-10H2,(H,23,24);2-3H,1H3. The van der Waals surface area contributed by atoms with Crippen molar-refractivity contribution in [2.75, 3.05) is 23.3 Å². The van der Waals surface area contributed by atoms with E-state index in [0.717, 1.165) is 96.9 Å². The maximum absolute atomic E-state index is 13.2. The monoisotopic (exact) mass is 866 g/mol. The van der Waals surface area contributed by atoms with Crippen molar-refractivity contribution in [3.05, 3.63) is 160 Å². The lowest BCUT2D eigenvalue weighted by atomic mass is 10.0. The molecule has 4 atom stereocenters. The molecule has 320 valence electrons. The van der Waals surface area contributed by atoms with E-state index in [1.807, 2.05) is 25.1 Å². The fourth-order valence-corrected chi connectivity index (χ4v) is 8.91. The molecule has 0 saturated heterocycles. The Labute approximate surface area is 368 Å². The number of fused-ring (bicyclic) bond motifs is 6. The van der Waals surface area contributed by atoms with Gasteiger partial charge in [-0.3, -0.25) is 19.6 Å². The fourth-order valence-electron chi connectivity index (χ4n) is 8.74. The van der Waals surface area contributed by atoms with Gasteiger partial charge in [-0.05, 0) is 149 Å². The third kappa shape index (κ3) is 8.56. The Hall–Kier alpha value is -6.41. The molecule has 4 unspecified atom stereocenters. The molecule has 6 heterocycles. The van der Waals surface area contributed by atoms with Crippen LogP contribution in [0, 0.1) is 37.3 Å². The van der Waals surface area contributed by atoms with E-state index in [4.69, 9.17) is 21.6 Å². The number of nitrogens with zero attached hydrogens (tertiary/aromatic N) is 7. The zero-order valence-electron chi connectivity index (χ0n) is 34.8. The van der Waals surface area contributed by atoms with Crippen LogP contribution in [-0.4, -0.2) is 54.8 Å². The molecule has 2 amide bonds. The van der Waals surface area contributed by atoms with Crippen LogP contribution >= 0.6 is 11.6 Å². The number of benzene rings is 2. The van der Waals surface area contributed by atoms with Crippen molar-refractivity contribution < 1.29 is 18.4 Å². The first kappa shape index (κ1) is 40.6. The molecular weight excluding hydrogens is 822 g/mol. The number of pyridine rings is 2. The van der Waals surface area contributed by atoms with Gasteiger partial charge < -0.3 is 20.9 Å². The Kier molecular flexibility index (Phi) is 10.4. The molecule has 4 aliphatic carbocycles. The Morgan fingerprint density at radius 3 is 1.76 bits per heavy atom. The summed E-state index contributed by atoms with van der Waals surface area (Å²) in [6.45, 7) is 5.69. The van der Waals surface area contributed by atoms with Gasteiger partial charge in [-0.25, -0.2) is 28.7 Å². The first-order valence-corrected chi connectivity index (χ1v) is 21.8. The first-order chi connectivity index (χ1) is 30.5. The molecule has 12 rings (SSSR count). The summed E-state index contributed by atoms with van der Waals surface area (Å²) < 4.78 is 26.2. The van der Waals surface area contributed by atoms with Gasteiger partial charge in [0.1, 0.15) is 34.3 Å². The fraction of sp³-hybridized carbons (Fsp3) is 0.333. The third-order valence-electron chi connectivity index (χ3n) is 12.8. The molecule has 2 aromatic carbocycles. The maximum atomic E-state index is 13.2. The van der Waals surface area contributed by atoms with E-state index in [2.05, 4.69) is 52.9 Å². The summed E-state index contributed by atoms with van der Waals surface area (Å²) in [5, 5.41) is 10.2. The number of carbonyl (C=O) groups excluding carboxylic acids is 2. The van der Waals surface area contributed by atoms with E-state index in [1.165, 1.54) is 55.0 Å². The molecule has 63 heavy (non-hydrogen) atoms. The molecule has 2 aliphatic heterocycles. The van der Waals surface area contributed by atoms with E-state index in [0.29, 0.717) is 39.9 Å². The van der Waals surface area contributed by atoms with Crippen molar-refractivity contribution in [1.82, 2.24) is 40.5 Å². The Balaban J connectivity index is 0.000000130. The van der Waals surface area contributed by atoms with Crippen molar-refractivity contribution in [2.24, 2.45) is 11.8 Å². The number of nitrogens with one attached hydrogen (secondary N) is 3. The second-order valence-electron chi connectivity index (χ2n) is 17.4. The highest BCUT2D eigenvalue weighted by Crippen LogP contribution is 2.57. The number of halogens is 3. The molecular formula is C48H45ClF2N10O2. The molecule has 4 aromatic heterocycles. The average Bonchev–Trinajstić information content (AvgIpc) is 4.07. The van der Waals surface area contributed by atoms with Gasteiger partial charge in [0.2, 0.25) is 0 Å². The molecule has 12 nitrogen and oxygen atoms in total. The van der Waals surface area contributed by atoms with Gasteiger partial charge >= 0.3 is 0 Å². The van der Waals surface area contributed by atoms with Crippen LogP contribution in [0.4, 0.5) is 26.0 Å². The van der Waals surface area contributed by atoms with Gasteiger partial charge in [0.15, 0.2) is 0 Å². The lowest BCUT2D eigenvalue weighted by Crippen LogP contribution is -2.36. The number of carbonyl (C=O) groups is 2. The number of aryl methyl sites for hydroxylation is 2. The zero-order valence-corrected chi connectivity index (χ0v) is 35.5. The molecule has 3 N–H and O–H groups in total. The number of rotatable bonds is 7. The predicted molar refractivity (Wildman–Crippen MR) is 234 cm³/mol. The van der Waals surface area contributed by atoms with Crippen LogP contribution in [0.5, 0.6) is 0 Å². The lowest BCUT2D eigenvalue weighted by molar-refractivity contribution is 0.0921. The van der Waals surface area contributed by atoms with Gasteiger partial charge in [-0.15, -0.1) is 0 Å².